The molecule has 0 saturated heterocycles. The molecule has 0 heterocycles. The quantitative estimate of drug-likeness (QED) is 0.557. The molecule has 0 fully saturated rings. The third-order valence-corrected chi connectivity index (χ3v) is 4.22. The Labute approximate surface area is 110 Å². The van der Waals surface area contributed by atoms with Crippen molar-refractivity contribution in [1.82, 2.24) is 0 Å². The molecule has 2 heteroatoms. The highest BCUT2D eigenvalue weighted by atomic mass is 16.6. The lowest BCUT2D eigenvalue weighted by Gasteiger charge is -2.36. The molecule has 18 heavy (non-hydrogen) atoms. The second-order valence-corrected chi connectivity index (χ2v) is 5.99. The number of hydrogen-bond donors (Lipinski definition) is 0. The molecule has 0 spiro atoms. The Hall–Kier alpha value is -1.05. The summed E-state index contributed by atoms with van der Waals surface area (Å²) in [6, 6.07) is 0. The maximum Gasteiger partial charge on any atom is 0.309 e. The number of esters is 1. The van der Waals surface area contributed by atoms with Gasteiger partial charge in [-0.2, -0.15) is 0 Å². The van der Waals surface area contributed by atoms with Gasteiger partial charge >= 0.3 is 5.97 Å². The summed E-state index contributed by atoms with van der Waals surface area (Å²) in [5.74, 6) is 0.540. The van der Waals surface area contributed by atoms with E-state index in [9.17, 15) is 4.79 Å². The summed E-state index contributed by atoms with van der Waals surface area (Å²) in [4.78, 5) is 12.2. The number of allylic oxidation sites excluding steroid dienone is 4. The van der Waals surface area contributed by atoms with Gasteiger partial charge in [-0.05, 0) is 52.4 Å². The first-order valence-electron chi connectivity index (χ1n) is 7.12. The van der Waals surface area contributed by atoms with Crippen LogP contribution < -0.4 is 0 Å². The summed E-state index contributed by atoms with van der Waals surface area (Å²) in [5.41, 5.74) is -0.330. The maximum atomic E-state index is 12.2. The van der Waals surface area contributed by atoms with E-state index in [0.717, 1.165) is 38.5 Å². The van der Waals surface area contributed by atoms with Gasteiger partial charge in [0.2, 0.25) is 0 Å². The monoisotopic (exact) mass is 248 g/mol. The van der Waals surface area contributed by atoms with Gasteiger partial charge in [0.15, 0.2) is 0 Å². The lowest BCUT2D eigenvalue weighted by molar-refractivity contribution is -0.167. The molecule has 0 aromatic heterocycles. The lowest BCUT2D eigenvalue weighted by Crippen LogP contribution is -2.39. The highest BCUT2D eigenvalue weighted by Crippen LogP contribution is 2.33. The van der Waals surface area contributed by atoms with Crippen molar-refractivity contribution in [2.24, 2.45) is 11.8 Å². The van der Waals surface area contributed by atoms with Crippen LogP contribution in [-0.2, 0) is 9.53 Å². The molecule has 0 radical (unpaired) electrons. The standard InChI is InChI=1S/C16H24O2/c1-16(2,14-11-7-4-8-12-14)18-15(17)13-9-5-3-6-10-13/h3-5,7,13-14H,6,8-12H2,1-2H3. The number of ether oxygens (including phenoxy) is 1. The molecule has 2 aliphatic rings. The number of hydrogen-bond acceptors (Lipinski definition) is 2. The molecule has 0 aliphatic heterocycles. The summed E-state index contributed by atoms with van der Waals surface area (Å²) < 4.78 is 5.81. The molecule has 0 aromatic rings. The van der Waals surface area contributed by atoms with Crippen molar-refractivity contribution in [2.75, 3.05) is 0 Å². The molecule has 100 valence electrons. The largest absolute Gasteiger partial charge is 0.459 e. The third-order valence-electron chi connectivity index (χ3n) is 4.22. The van der Waals surface area contributed by atoms with E-state index in [1.807, 2.05) is 0 Å². The molecular formula is C16H24O2. The van der Waals surface area contributed by atoms with E-state index in [4.69, 9.17) is 4.74 Å². The molecule has 2 unspecified atom stereocenters. The van der Waals surface area contributed by atoms with Crippen LogP contribution in [0.15, 0.2) is 24.3 Å². The van der Waals surface area contributed by atoms with Crippen molar-refractivity contribution >= 4 is 5.97 Å². The van der Waals surface area contributed by atoms with Crippen LogP contribution >= 0.6 is 0 Å². The predicted octanol–water partition coefficient (Wildman–Crippen LogP) is 4.02. The Kier molecular flexibility index (Phi) is 4.26. The zero-order chi connectivity index (χ0) is 13.0. The first-order chi connectivity index (χ1) is 8.59. The average Bonchev–Trinajstić information content (AvgIpc) is 2.40. The molecular weight excluding hydrogens is 224 g/mol. The molecule has 0 saturated carbocycles. The average molecular weight is 248 g/mol. The van der Waals surface area contributed by atoms with E-state index in [0.29, 0.717) is 5.92 Å². The Balaban J connectivity index is 1.92. The molecule has 0 bridgehead atoms. The molecule has 2 aliphatic carbocycles. The Morgan fingerprint density at radius 2 is 1.72 bits per heavy atom. The smallest absolute Gasteiger partial charge is 0.309 e. The molecule has 0 aromatic carbocycles. The fraction of sp³-hybridized carbons (Fsp3) is 0.688. The van der Waals surface area contributed by atoms with E-state index < -0.39 is 0 Å². The van der Waals surface area contributed by atoms with Crippen LogP contribution in [-0.4, -0.2) is 11.6 Å². The summed E-state index contributed by atoms with van der Waals surface area (Å²) in [6.45, 7) is 4.13. The van der Waals surface area contributed by atoms with Crippen LogP contribution in [0.4, 0.5) is 0 Å². The maximum absolute atomic E-state index is 12.2. The highest BCUT2D eigenvalue weighted by Gasteiger charge is 2.35. The first kappa shape index (κ1) is 13.4. The van der Waals surface area contributed by atoms with Crippen LogP contribution in [0.5, 0.6) is 0 Å². The van der Waals surface area contributed by atoms with E-state index in [1.54, 1.807) is 0 Å². The SMILES string of the molecule is CC(C)(OC(=O)C1CC=CCC1)C1CC=CCC1. The number of carbonyl (C=O) groups is 1. The zero-order valence-corrected chi connectivity index (χ0v) is 11.5. The fourth-order valence-electron chi connectivity index (χ4n) is 2.86. The van der Waals surface area contributed by atoms with Gasteiger partial charge in [0, 0.05) is 5.92 Å². The minimum Gasteiger partial charge on any atom is -0.459 e. The van der Waals surface area contributed by atoms with Crippen molar-refractivity contribution in [1.29, 1.82) is 0 Å². The van der Waals surface area contributed by atoms with E-state index in [-0.39, 0.29) is 17.5 Å². The van der Waals surface area contributed by atoms with Gasteiger partial charge in [-0.15, -0.1) is 0 Å². The van der Waals surface area contributed by atoms with Gasteiger partial charge in [0.1, 0.15) is 5.60 Å². The lowest BCUT2D eigenvalue weighted by atomic mass is 9.81. The van der Waals surface area contributed by atoms with Crippen molar-refractivity contribution < 1.29 is 9.53 Å². The predicted molar refractivity (Wildman–Crippen MR) is 73.1 cm³/mol. The van der Waals surface area contributed by atoms with Crippen molar-refractivity contribution in [3.8, 4) is 0 Å². The van der Waals surface area contributed by atoms with Crippen LogP contribution in [0, 0.1) is 11.8 Å². The minimum atomic E-state index is -0.330. The van der Waals surface area contributed by atoms with E-state index >= 15 is 0 Å². The van der Waals surface area contributed by atoms with E-state index in [2.05, 4.69) is 38.2 Å². The molecule has 0 amide bonds. The van der Waals surface area contributed by atoms with Gasteiger partial charge in [-0.25, -0.2) is 0 Å². The topological polar surface area (TPSA) is 26.3 Å². The van der Waals surface area contributed by atoms with Gasteiger partial charge in [-0.1, -0.05) is 24.3 Å². The summed E-state index contributed by atoms with van der Waals surface area (Å²) in [7, 11) is 0. The van der Waals surface area contributed by atoms with Gasteiger partial charge < -0.3 is 4.74 Å². The van der Waals surface area contributed by atoms with Crippen LogP contribution in [0.3, 0.4) is 0 Å². The van der Waals surface area contributed by atoms with Crippen molar-refractivity contribution in [3.05, 3.63) is 24.3 Å². The van der Waals surface area contributed by atoms with Crippen LogP contribution in [0.1, 0.15) is 52.4 Å². The van der Waals surface area contributed by atoms with Gasteiger partial charge in [0.05, 0.1) is 5.92 Å². The van der Waals surface area contributed by atoms with Crippen LogP contribution in [0.25, 0.3) is 0 Å². The molecule has 2 nitrogen and oxygen atoms in total. The number of rotatable bonds is 3. The first-order valence-corrected chi connectivity index (χ1v) is 7.12. The van der Waals surface area contributed by atoms with Crippen molar-refractivity contribution in [2.45, 2.75) is 58.0 Å². The summed E-state index contributed by atoms with van der Waals surface area (Å²) in [6.07, 6.45) is 14.8. The fourth-order valence-corrected chi connectivity index (χ4v) is 2.86. The minimum absolute atomic E-state index is 0.00102. The molecule has 2 atom stereocenters. The van der Waals surface area contributed by atoms with E-state index in [1.165, 1.54) is 0 Å². The van der Waals surface area contributed by atoms with Crippen LogP contribution in [0.2, 0.25) is 0 Å². The highest BCUT2D eigenvalue weighted by molar-refractivity contribution is 5.73. The van der Waals surface area contributed by atoms with Gasteiger partial charge in [-0.3, -0.25) is 4.79 Å². The Morgan fingerprint density at radius 3 is 2.28 bits per heavy atom. The Morgan fingerprint density at radius 1 is 1.06 bits per heavy atom. The Bertz CT molecular complexity index is 352. The second-order valence-electron chi connectivity index (χ2n) is 5.99. The normalized spacial score (nSPS) is 28.1. The van der Waals surface area contributed by atoms with Crippen molar-refractivity contribution in [3.63, 3.8) is 0 Å². The molecule has 2 rings (SSSR count). The molecule has 0 N–H and O–H groups in total. The summed E-state index contributed by atoms with van der Waals surface area (Å²) in [5, 5.41) is 0. The zero-order valence-electron chi connectivity index (χ0n) is 11.5. The summed E-state index contributed by atoms with van der Waals surface area (Å²) >= 11 is 0. The van der Waals surface area contributed by atoms with Gasteiger partial charge in [0.25, 0.3) is 0 Å². The number of carbonyl (C=O) groups excluding carboxylic acids is 1. The third kappa shape index (κ3) is 3.24. The second kappa shape index (κ2) is 5.73.